The third-order valence-electron chi connectivity index (χ3n) is 5.58. The van der Waals surface area contributed by atoms with Gasteiger partial charge in [0, 0.05) is 18.2 Å². The highest BCUT2D eigenvalue weighted by atomic mass is 32.1. The van der Waals surface area contributed by atoms with Crippen LogP contribution in [0.2, 0.25) is 0 Å². The molecule has 1 saturated carbocycles. The normalized spacial score (nSPS) is 15.3. The van der Waals surface area contributed by atoms with E-state index in [9.17, 15) is 10.2 Å². The third-order valence-corrected chi connectivity index (χ3v) is 6.65. The first-order valence-electron chi connectivity index (χ1n) is 10.4. The van der Waals surface area contributed by atoms with Gasteiger partial charge in [0.15, 0.2) is 23.0 Å². The zero-order valence-corrected chi connectivity index (χ0v) is 18.8. The zero-order chi connectivity index (χ0) is 22.0. The van der Waals surface area contributed by atoms with Crippen molar-refractivity contribution in [2.24, 2.45) is 12.0 Å². The van der Waals surface area contributed by atoms with Crippen LogP contribution in [0.5, 0.6) is 23.0 Å². The highest BCUT2D eigenvalue weighted by Gasteiger charge is 2.18. The first-order chi connectivity index (χ1) is 15.0. The average molecular weight is 442 g/mol. The standard InChI is InChI=1S/C23H27N3O4S/c1-26-23(24-16-7-5-4-6-8-16)31-22(25-26)15-11-17(21(30-3)19(28)13-15)14-9-10-20(29-2)18(27)12-14/h9-13,16,27-28H,4-8H2,1-3H3. The summed E-state index contributed by atoms with van der Waals surface area (Å²) in [5.74, 6) is 0.737. The number of benzene rings is 2. The predicted molar refractivity (Wildman–Crippen MR) is 121 cm³/mol. The maximum Gasteiger partial charge on any atom is 0.203 e. The number of phenols is 2. The van der Waals surface area contributed by atoms with Crippen LogP contribution in [-0.2, 0) is 7.05 Å². The molecule has 0 unspecified atom stereocenters. The SMILES string of the molecule is COc1ccc(-c2cc(-c3nn(C)c(=NC4CCCCC4)s3)cc(O)c2OC)cc1O. The molecule has 164 valence electrons. The van der Waals surface area contributed by atoms with Gasteiger partial charge in [-0.25, -0.2) is 4.68 Å². The van der Waals surface area contributed by atoms with E-state index in [4.69, 9.17) is 14.5 Å². The van der Waals surface area contributed by atoms with Crippen molar-refractivity contribution >= 4 is 11.3 Å². The second kappa shape index (κ2) is 9.01. The van der Waals surface area contributed by atoms with Crippen molar-refractivity contribution in [2.75, 3.05) is 14.2 Å². The molecule has 1 aliphatic carbocycles. The van der Waals surface area contributed by atoms with Crippen LogP contribution in [0.3, 0.4) is 0 Å². The van der Waals surface area contributed by atoms with Crippen molar-refractivity contribution in [1.82, 2.24) is 9.78 Å². The molecule has 4 rings (SSSR count). The number of aromatic hydroxyl groups is 2. The molecule has 1 aliphatic rings. The number of hydrogen-bond acceptors (Lipinski definition) is 7. The van der Waals surface area contributed by atoms with Gasteiger partial charge in [-0.3, -0.25) is 4.99 Å². The molecule has 7 nitrogen and oxygen atoms in total. The summed E-state index contributed by atoms with van der Waals surface area (Å²) in [6, 6.07) is 8.99. The minimum atomic E-state index is 0.00827. The summed E-state index contributed by atoms with van der Waals surface area (Å²) in [5, 5.41) is 26.3. The second-order valence-corrected chi connectivity index (χ2v) is 8.65. The molecule has 1 aromatic heterocycles. The van der Waals surface area contributed by atoms with Gasteiger partial charge in [0.1, 0.15) is 5.01 Å². The molecule has 1 fully saturated rings. The average Bonchev–Trinajstić information content (AvgIpc) is 3.14. The smallest absolute Gasteiger partial charge is 0.203 e. The minimum absolute atomic E-state index is 0.00827. The molecule has 0 spiro atoms. The molecule has 0 radical (unpaired) electrons. The fourth-order valence-corrected chi connectivity index (χ4v) is 4.91. The molecule has 1 heterocycles. The fraction of sp³-hybridized carbons (Fsp3) is 0.391. The van der Waals surface area contributed by atoms with Crippen molar-refractivity contribution in [1.29, 1.82) is 0 Å². The van der Waals surface area contributed by atoms with E-state index in [0.717, 1.165) is 28.2 Å². The lowest BCUT2D eigenvalue weighted by Gasteiger charge is -2.16. The maximum absolute atomic E-state index is 10.6. The summed E-state index contributed by atoms with van der Waals surface area (Å²) in [5.41, 5.74) is 2.11. The first-order valence-corrected chi connectivity index (χ1v) is 11.2. The van der Waals surface area contributed by atoms with E-state index >= 15 is 0 Å². The van der Waals surface area contributed by atoms with E-state index in [-0.39, 0.29) is 11.5 Å². The number of aryl methyl sites for hydroxylation is 1. The Hall–Kier alpha value is -3.00. The predicted octanol–water partition coefficient (Wildman–Crippen LogP) is 4.48. The zero-order valence-electron chi connectivity index (χ0n) is 18.0. The molecule has 0 atom stereocenters. The minimum Gasteiger partial charge on any atom is -0.504 e. The van der Waals surface area contributed by atoms with Gasteiger partial charge in [-0.15, -0.1) is 0 Å². The number of aromatic nitrogens is 2. The Morgan fingerprint density at radius 3 is 2.42 bits per heavy atom. The number of nitrogens with zero attached hydrogens (tertiary/aromatic N) is 3. The number of rotatable bonds is 5. The summed E-state index contributed by atoms with van der Waals surface area (Å²) >= 11 is 1.51. The van der Waals surface area contributed by atoms with Crippen molar-refractivity contribution in [3.8, 4) is 44.7 Å². The van der Waals surface area contributed by atoms with Gasteiger partial charge in [0.05, 0.1) is 20.3 Å². The fourth-order valence-electron chi connectivity index (χ4n) is 3.97. The molecule has 0 bridgehead atoms. The van der Waals surface area contributed by atoms with E-state index in [1.807, 2.05) is 19.2 Å². The second-order valence-electron chi connectivity index (χ2n) is 7.70. The molecule has 2 N–H and O–H groups in total. The van der Waals surface area contributed by atoms with Gasteiger partial charge in [-0.1, -0.05) is 36.7 Å². The first kappa shape index (κ1) is 21.2. The quantitative estimate of drug-likeness (QED) is 0.609. The maximum atomic E-state index is 10.6. The molecular weight excluding hydrogens is 414 g/mol. The Balaban J connectivity index is 1.77. The summed E-state index contributed by atoms with van der Waals surface area (Å²) in [4.78, 5) is 5.79. The molecule has 0 aliphatic heterocycles. The van der Waals surface area contributed by atoms with Crippen LogP contribution >= 0.6 is 11.3 Å². The van der Waals surface area contributed by atoms with Crippen molar-refractivity contribution in [3.63, 3.8) is 0 Å². The van der Waals surface area contributed by atoms with Crippen LogP contribution in [0.15, 0.2) is 35.3 Å². The van der Waals surface area contributed by atoms with E-state index < -0.39 is 0 Å². The summed E-state index contributed by atoms with van der Waals surface area (Å²) in [7, 11) is 4.90. The molecule has 8 heteroatoms. The Morgan fingerprint density at radius 1 is 1.00 bits per heavy atom. The molecule has 2 aromatic carbocycles. The van der Waals surface area contributed by atoms with Gasteiger partial charge >= 0.3 is 0 Å². The van der Waals surface area contributed by atoms with E-state index in [1.165, 1.54) is 44.8 Å². The molecule has 31 heavy (non-hydrogen) atoms. The van der Waals surface area contributed by atoms with Crippen molar-refractivity contribution in [2.45, 2.75) is 38.1 Å². The highest BCUT2D eigenvalue weighted by Crippen LogP contribution is 2.43. The number of hydrogen-bond donors (Lipinski definition) is 2. The van der Waals surface area contributed by atoms with Crippen molar-refractivity contribution in [3.05, 3.63) is 35.1 Å². The Morgan fingerprint density at radius 2 is 1.74 bits per heavy atom. The van der Waals surface area contributed by atoms with Crippen LogP contribution in [0.25, 0.3) is 21.7 Å². The van der Waals surface area contributed by atoms with Crippen LogP contribution in [0.1, 0.15) is 32.1 Å². The van der Waals surface area contributed by atoms with E-state index in [0.29, 0.717) is 28.7 Å². The van der Waals surface area contributed by atoms with Gasteiger partial charge in [-0.2, -0.15) is 5.10 Å². The Labute approximate surface area is 185 Å². The van der Waals surface area contributed by atoms with Gasteiger partial charge in [0.25, 0.3) is 0 Å². The Bertz CT molecular complexity index is 1150. The van der Waals surface area contributed by atoms with Gasteiger partial charge < -0.3 is 19.7 Å². The summed E-state index contributed by atoms with van der Waals surface area (Å²) in [6.45, 7) is 0. The van der Waals surface area contributed by atoms with E-state index in [1.54, 1.807) is 22.9 Å². The molecule has 3 aromatic rings. The lowest BCUT2D eigenvalue weighted by Crippen LogP contribution is -2.18. The van der Waals surface area contributed by atoms with Crippen LogP contribution < -0.4 is 14.3 Å². The monoisotopic (exact) mass is 441 g/mol. The van der Waals surface area contributed by atoms with Crippen LogP contribution in [0, 0.1) is 0 Å². The molecule has 0 amide bonds. The summed E-state index contributed by atoms with van der Waals surface area (Å²) < 4.78 is 12.4. The number of ether oxygens (including phenoxy) is 2. The lowest BCUT2D eigenvalue weighted by atomic mass is 9.96. The van der Waals surface area contributed by atoms with E-state index in [2.05, 4.69) is 5.10 Å². The molecule has 0 saturated heterocycles. The number of phenolic OH excluding ortho intramolecular Hbond substituents is 2. The highest BCUT2D eigenvalue weighted by molar-refractivity contribution is 7.12. The topological polar surface area (TPSA) is 89.1 Å². The van der Waals surface area contributed by atoms with Gasteiger partial charge in [0.2, 0.25) is 4.80 Å². The lowest BCUT2D eigenvalue weighted by molar-refractivity contribution is 0.372. The third kappa shape index (κ3) is 4.39. The van der Waals surface area contributed by atoms with Gasteiger partial charge in [-0.05, 0) is 42.7 Å². The van der Waals surface area contributed by atoms with Crippen LogP contribution in [-0.4, -0.2) is 40.3 Å². The van der Waals surface area contributed by atoms with Crippen molar-refractivity contribution < 1.29 is 19.7 Å². The molecular formula is C23H27N3O4S. The Kier molecular flexibility index (Phi) is 6.18. The summed E-state index contributed by atoms with van der Waals surface area (Å²) in [6.07, 6.45) is 6.01. The largest absolute Gasteiger partial charge is 0.504 e. The number of methoxy groups -OCH3 is 2. The van der Waals surface area contributed by atoms with Crippen LogP contribution in [0.4, 0.5) is 0 Å².